The van der Waals surface area contributed by atoms with E-state index in [0.29, 0.717) is 5.92 Å². The van der Waals surface area contributed by atoms with Gasteiger partial charge in [-0.3, -0.25) is 4.79 Å². The van der Waals surface area contributed by atoms with Gasteiger partial charge in [-0.1, -0.05) is 34.6 Å². The first-order valence-corrected chi connectivity index (χ1v) is 6.48. The average molecular weight is 258 g/mol. The second-order valence-corrected chi connectivity index (χ2v) is 5.12. The molecule has 0 radical (unpaired) electrons. The molecule has 0 rings (SSSR count). The second-order valence-electron chi connectivity index (χ2n) is 5.12. The van der Waals surface area contributed by atoms with Crippen molar-refractivity contribution in [1.29, 1.82) is 0 Å². The molecule has 106 valence electrons. The highest BCUT2D eigenvalue weighted by atomic mass is 16.5. The van der Waals surface area contributed by atoms with Crippen LogP contribution in [0.3, 0.4) is 0 Å². The Kier molecular flexibility index (Phi) is 7.39. The molecule has 0 spiro atoms. The summed E-state index contributed by atoms with van der Waals surface area (Å²) < 4.78 is 4.53. The molecule has 5 nitrogen and oxygen atoms in total. The van der Waals surface area contributed by atoms with Gasteiger partial charge in [0.1, 0.15) is 6.04 Å². The number of carbonyl (C=O) groups is 2. The Balaban J connectivity index is 4.61. The third-order valence-corrected chi connectivity index (χ3v) is 2.98. The van der Waals surface area contributed by atoms with E-state index in [9.17, 15) is 9.59 Å². The summed E-state index contributed by atoms with van der Waals surface area (Å²) in [5.41, 5.74) is 0. The van der Waals surface area contributed by atoms with Crippen LogP contribution >= 0.6 is 0 Å². The van der Waals surface area contributed by atoms with Gasteiger partial charge in [-0.2, -0.15) is 0 Å². The van der Waals surface area contributed by atoms with Gasteiger partial charge < -0.3 is 15.4 Å². The second kappa shape index (κ2) is 7.95. The Morgan fingerprint density at radius 1 is 1.06 bits per heavy atom. The Morgan fingerprint density at radius 2 is 1.61 bits per heavy atom. The summed E-state index contributed by atoms with van der Waals surface area (Å²) >= 11 is 0. The maximum atomic E-state index is 12.1. The van der Waals surface area contributed by atoms with Gasteiger partial charge >= 0.3 is 6.09 Å². The number of hydrogen-bond acceptors (Lipinski definition) is 3. The summed E-state index contributed by atoms with van der Waals surface area (Å²) in [6.07, 6.45) is 0.286. The van der Waals surface area contributed by atoms with Crippen molar-refractivity contribution in [1.82, 2.24) is 10.6 Å². The van der Waals surface area contributed by atoms with E-state index < -0.39 is 12.1 Å². The largest absolute Gasteiger partial charge is 0.453 e. The molecule has 0 saturated heterocycles. The van der Waals surface area contributed by atoms with Crippen LogP contribution in [0.5, 0.6) is 0 Å². The summed E-state index contributed by atoms with van der Waals surface area (Å²) in [5, 5.41) is 5.53. The molecule has 2 N–H and O–H groups in total. The van der Waals surface area contributed by atoms with Gasteiger partial charge in [0.25, 0.3) is 0 Å². The molecule has 5 heteroatoms. The molecule has 0 aromatic carbocycles. The van der Waals surface area contributed by atoms with Crippen LogP contribution in [0.15, 0.2) is 0 Å². The maximum absolute atomic E-state index is 12.1. The quantitative estimate of drug-likeness (QED) is 0.765. The lowest BCUT2D eigenvalue weighted by atomic mass is 9.99. The van der Waals surface area contributed by atoms with Crippen molar-refractivity contribution in [2.45, 2.75) is 53.1 Å². The minimum Gasteiger partial charge on any atom is -0.453 e. The van der Waals surface area contributed by atoms with Crippen molar-refractivity contribution in [3.63, 3.8) is 0 Å². The van der Waals surface area contributed by atoms with E-state index in [4.69, 9.17) is 0 Å². The summed E-state index contributed by atoms with van der Waals surface area (Å²) in [4.78, 5) is 23.3. The van der Waals surface area contributed by atoms with Crippen molar-refractivity contribution >= 4 is 12.0 Å². The van der Waals surface area contributed by atoms with Crippen molar-refractivity contribution in [3.8, 4) is 0 Å². The molecule has 0 heterocycles. The first-order chi connectivity index (χ1) is 8.33. The molecule has 0 saturated carbocycles. The van der Waals surface area contributed by atoms with E-state index in [-0.39, 0.29) is 17.9 Å². The highest BCUT2D eigenvalue weighted by Gasteiger charge is 2.26. The van der Waals surface area contributed by atoms with Crippen LogP contribution in [0.25, 0.3) is 0 Å². The number of ether oxygens (including phenoxy) is 1. The number of rotatable bonds is 6. The average Bonchev–Trinajstić information content (AvgIpc) is 2.31. The van der Waals surface area contributed by atoms with Crippen LogP contribution in [0.1, 0.15) is 41.0 Å². The van der Waals surface area contributed by atoms with Crippen LogP contribution in [0.4, 0.5) is 4.79 Å². The third kappa shape index (κ3) is 5.38. The monoisotopic (exact) mass is 258 g/mol. The molecule has 0 aliphatic rings. The molecule has 0 aromatic rings. The lowest BCUT2D eigenvalue weighted by Gasteiger charge is -2.26. The van der Waals surface area contributed by atoms with Gasteiger partial charge in [-0.15, -0.1) is 0 Å². The fraction of sp³-hybridized carbons (Fsp3) is 0.846. The van der Waals surface area contributed by atoms with Crippen molar-refractivity contribution in [2.24, 2.45) is 11.8 Å². The van der Waals surface area contributed by atoms with Crippen LogP contribution in [0, 0.1) is 11.8 Å². The zero-order valence-electron chi connectivity index (χ0n) is 12.2. The van der Waals surface area contributed by atoms with Crippen LogP contribution < -0.4 is 10.6 Å². The molecule has 0 aliphatic carbocycles. The van der Waals surface area contributed by atoms with E-state index in [2.05, 4.69) is 29.2 Å². The van der Waals surface area contributed by atoms with Gasteiger partial charge in [0, 0.05) is 6.04 Å². The SMILES string of the molecule is CC[C@H](NC(=O)C(NC(=O)OC)C(C)C)C(C)C. The van der Waals surface area contributed by atoms with Gasteiger partial charge in [0.15, 0.2) is 0 Å². The Labute approximate surface area is 110 Å². The van der Waals surface area contributed by atoms with E-state index in [1.807, 2.05) is 20.8 Å². The number of amides is 2. The zero-order chi connectivity index (χ0) is 14.3. The molecule has 2 amide bonds. The highest BCUT2D eigenvalue weighted by Crippen LogP contribution is 2.08. The van der Waals surface area contributed by atoms with Gasteiger partial charge in [0.2, 0.25) is 5.91 Å². The minimum absolute atomic E-state index is 0.00812. The first-order valence-electron chi connectivity index (χ1n) is 6.48. The highest BCUT2D eigenvalue weighted by molar-refractivity contribution is 5.86. The van der Waals surface area contributed by atoms with Crippen LogP contribution in [0.2, 0.25) is 0 Å². The number of methoxy groups -OCH3 is 1. The van der Waals surface area contributed by atoms with E-state index in [1.165, 1.54) is 7.11 Å². The van der Waals surface area contributed by atoms with Crippen molar-refractivity contribution in [2.75, 3.05) is 7.11 Å². The molecular weight excluding hydrogens is 232 g/mol. The Bertz CT molecular complexity index is 277. The molecule has 18 heavy (non-hydrogen) atoms. The fourth-order valence-electron chi connectivity index (χ4n) is 1.73. The molecule has 0 fully saturated rings. The number of carbonyl (C=O) groups excluding carboxylic acids is 2. The predicted octanol–water partition coefficient (Wildman–Crippen LogP) is 1.92. The topological polar surface area (TPSA) is 67.4 Å². The fourth-order valence-corrected chi connectivity index (χ4v) is 1.73. The van der Waals surface area contributed by atoms with E-state index in [1.54, 1.807) is 0 Å². The normalized spacial score (nSPS) is 14.2. The smallest absolute Gasteiger partial charge is 0.407 e. The lowest BCUT2D eigenvalue weighted by Crippen LogP contribution is -2.52. The van der Waals surface area contributed by atoms with Crippen LogP contribution in [-0.4, -0.2) is 31.2 Å². The minimum atomic E-state index is -0.582. The van der Waals surface area contributed by atoms with Gasteiger partial charge in [0.05, 0.1) is 7.11 Å². The Morgan fingerprint density at radius 3 is 1.94 bits per heavy atom. The Hall–Kier alpha value is -1.26. The third-order valence-electron chi connectivity index (χ3n) is 2.98. The summed E-state index contributed by atoms with van der Waals surface area (Å²) in [6.45, 7) is 9.93. The number of hydrogen-bond donors (Lipinski definition) is 2. The summed E-state index contributed by atoms with van der Waals surface area (Å²) in [5.74, 6) is 0.217. The predicted molar refractivity (Wildman–Crippen MR) is 71.2 cm³/mol. The molecule has 1 unspecified atom stereocenters. The zero-order valence-corrected chi connectivity index (χ0v) is 12.2. The van der Waals surface area contributed by atoms with Gasteiger partial charge in [-0.25, -0.2) is 4.79 Å². The first kappa shape index (κ1) is 16.7. The molecular formula is C13H26N2O3. The summed E-state index contributed by atoms with van der Waals surface area (Å²) in [6, 6.07) is -0.441. The van der Waals surface area contributed by atoms with E-state index >= 15 is 0 Å². The standard InChI is InChI=1S/C13H26N2O3/c1-7-10(8(2)3)14-12(16)11(9(4)5)15-13(17)18-6/h8-11H,7H2,1-6H3,(H,14,16)(H,15,17)/t10-,11?/m0/s1. The van der Waals surface area contributed by atoms with Crippen molar-refractivity contribution < 1.29 is 14.3 Å². The molecule has 2 atom stereocenters. The number of alkyl carbamates (subject to hydrolysis) is 1. The molecule has 0 aromatic heterocycles. The van der Waals surface area contributed by atoms with Gasteiger partial charge in [-0.05, 0) is 18.3 Å². The lowest BCUT2D eigenvalue weighted by molar-refractivity contribution is -0.125. The maximum Gasteiger partial charge on any atom is 0.407 e. The van der Waals surface area contributed by atoms with Crippen LogP contribution in [-0.2, 0) is 9.53 Å². The van der Waals surface area contributed by atoms with E-state index in [0.717, 1.165) is 6.42 Å². The molecule has 0 aliphatic heterocycles. The summed E-state index contributed by atoms with van der Waals surface area (Å²) in [7, 11) is 1.29. The number of nitrogens with one attached hydrogen (secondary N) is 2. The van der Waals surface area contributed by atoms with Crippen molar-refractivity contribution in [3.05, 3.63) is 0 Å². The molecule has 0 bridgehead atoms.